The van der Waals surface area contributed by atoms with Crippen LogP contribution in [0.5, 0.6) is 5.75 Å². The van der Waals surface area contributed by atoms with E-state index in [4.69, 9.17) is 14.1 Å². The van der Waals surface area contributed by atoms with Crippen LogP contribution < -0.4 is 9.64 Å². The van der Waals surface area contributed by atoms with E-state index in [1.165, 1.54) is 11.3 Å². The van der Waals surface area contributed by atoms with Crippen LogP contribution in [0.4, 0.5) is 5.13 Å². The highest BCUT2D eigenvalue weighted by Gasteiger charge is 2.23. The molecule has 0 aliphatic rings. The van der Waals surface area contributed by atoms with Crippen molar-refractivity contribution in [1.82, 2.24) is 4.98 Å². The van der Waals surface area contributed by atoms with E-state index in [1.807, 2.05) is 67.8 Å². The third kappa shape index (κ3) is 4.16. The number of benzene rings is 2. The molecule has 29 heavy (non-hydrogen) atoms. The van der Waals surface area contributed by atoms with Gasteiger partial charge in [0, 0.05) is 10.5 Å². The number of fused-ring (bicyclic) bond motifs is 1. The van der Waals surface area contributed by atoms with Gasteiger partial charge in [0.05, 0.1) is 24.1 Å². The number of carbonyl (C=O) groups excluding carboxylic acids is 1. The maximum absolute atomic E-state index is 13.4. The highest BCUT2D eigenvalue weighted by molar-refractivity contribution is 7.98. The number of thioether (sulfide) groups is 1. The molecule has 4 aromatic rings. The van der Waals surface area contributed by atoms with Gasteiger partial charge in [-0.25, -0.2) is 4.98 Å². The van der Waals surface area contributed by atoms with Crippen LogP contribution in [0, 0.1) is 0 Å². The van der Waals surface area contributed by atoms with E-state index in [1.54, 1.807) is 22.9 Å². The summed E-state index contributed by atoms with van der Waals surface area (Å²) in [5.41, 5.74) is 1.38. The molecule has 0 spiro atoms. The number of hydrogen-bond donors (Lipinski definition) is 0. The molecule has 0 bridgehead atoms. The Morgan fingerprint density at radius 2 is 2.00 bits per heavy atom. The molecular weight excluding hydrogens is 404 g/mol. The molecule has 0 unspecified atom stereocenters. The topological polar surface area (TPSA) is 55.6 Å². The van der Waals surface area contributed by atoms with Crippen LogP contribution in [0.3, 0.4) is 0 Å². The molecule has 0 radical (unpaired) electrons. The Morgan fingerprint density at radius 1 is 1.17 bits per heavy atom. The molecule has 0 saturated heterocycles. The highest BCUT2D eigenvalue weighted by atomic mass is 32.2. The zero-order valence-corrected chi connectivity index (χ0v) is 17.8. The van der Waals surface area contributed by atoms with Gasteiger partial charge in [0.15, 0.2) is 5.13 Å². The Kier molecular flexibility index (Phi) is 5.87. The molecule has 1 amide bonds. The Hall–Kier alpha value is -2.77. The van der Waals surface area contributed by atoms with Gasteiger partial charge in [0.25, 0.3) is 5.91 Å². The van der Waals surface area contributed by atoms with Crippen molar-refractivity contribution in [1.29, 1.82) is 0 Å². The predicted molar refractivity (Wildman–Crippen MR) is 118 cm³/mol. The summed E-state index contributed by atoms with van der Waals surface area (Å²) in [6, 6.07) is 17.1. The summed E-state index contributed by atoms with van der Waals surface area (Å²) < 4.78 is 12.2. The van der Waals surface area contributed by atoms with Crippen LogP contribution in [0.1, 0.15) is 23.0 Å². The van der Waals surface area contributed by atoms with Gasteiger partial charge in [-0.05, 0) is 61.7 Å². The van der Waals surface area contributed by atoms with Gasteiger partial charge in [-0.2, -0.15) is 0 Å². The second-order valence-electron chi connectivity index (χ2n) is 6.23. The maximum Gasteiger partial charge on any atom is 0.260 e. The van der Waals surface area contributed by atoms with Crippen molar-refractivity contribution in [2.75, 3.05) is 17.8 Å². The van der Waals surface area contributed by atoms with E-state index in [0.717, 1.165) is 20.9 Å². The van der Waals surface area contributed by atoms with Gasteiger partial charge in [-0.3, -0.25) is 9.69 Å². The number of thiazole rings is 1. The molecule has 4 rings (SSSR count). The molecule has 7 heteroatoms. The number of anilines is 1. The van der Waals surface area contributed by atoms with Crippen molar-refractivity contribution in [3.8, 4) is 5.75 Å². The Balaban J connectivity index is 1.74. The van der Waals surface area contributed by atoms with Gasteiger partial charge in [-0.1, -0.05) is 17.4 Å². The summed E-state index contributed by atoms with van der Waals surface area (Å²) in [6.45, 7) is 2.81. The average molecular weight is 425 g/mol. The number of nitrogens with zero attached hydrogens (tertiary/aromatic N) is 2. The van der Waals surface area contributed by atoms with Gasteiger partial charge in [0.1, 0.15) is 17.0 Å². The minimum atomic E-state index is -0.119. The van der Waals surface area contributed by atoms with Gasteiger partial charge in [-0.15, -0.1) is 11.8 Å². The summed E-state index contributed by atoms with van der Waals surface area (Å²) >= 11 is 3.11. The normalized spacial score (nSPS) is 11.0. The predicted octanol–water partition coefficient (Wildman–Crippen LogP) is 5.86. The van der Waals surface area contributed by atoms with Crippen LogP contribution in [-0.2, 0) is 6.54 Å². The third-order valence-electron chi connectivity index (χ3n) is 4.38. The number of carbonyl (C=O) groups is 1. The zero-order valence-electron chi connectivity index (χ0n) is 16.1. The highest BCUT2D eigenvalue weighted by Crippen LogP contribution is 2.35. The standard InChI is InChI=1S/C22H20N2O3S2/c1-3-26-18-7-4-8-19-20(18)23-22(29-19)24(14-16-6-5-13-27-16)21(25)15-9-11-17(28-2)12-10-15/h4-13H,3,14H2,1-2H3. The number of para-hydroxylation sites is 1. The molecule has 0 atom stereocenters. The third-order valence-corrected chi connectivity index (χ3v) is 6.16. The van der Waals surface area contributed by atoms with Gasteiger partial charge < -0.3 is 9.15 Å². The summed E-state index contributed by atoms with van der Waals surface area (Å²) in [5.74, 6) is 1.30. The summed E-state index contributed by atoms with van der Waals surface area (Å²) in [7, 11) is 0. The lowest BCUT2D eigenvalue weighted by Crippen LogP contribution is -2.30. The zero-order chi connectivity index (χ0) is 20.2. The van der Waals surface area contributed by atoms with E-state index < -0.39 is 0 Å². The van der Waals surface area contributed by atoms with E-state index in [2.05, 4.69) is 0 Å². The van der Waals surface area contributed by atoms with Crippen LogP contribution in [0.25, 0.3) is 10.2 Å². The first kappa shape index (κ1) is 19.5. The lowest BCUT2D eigenvalue weighted by Gasteiger charge is -2.19. The van der Waals surface area contributed by atoms with Crippen LogP contribution in [0.2, 0.25) is 0 Å². The Morgan fingerprint density at radius 3 is 2.69 bits per heavy atom. The molecule has 0 aliphatic heterocycles. The van der Waals surface area contributed by atoms with Crippen LogP contribution in [0.15, 0.2) is 70.2 Å². The number of rotatable bonds is 7. The first-order chi connectivity index (χ1) is 14.2. The van der Waals surface area contributed by atoms with Crippen molar-refractivity contribution >= 4 is 44.4 Å². The fourth-order valence-electron chi connectivity index (χ4n) is 2.97. The molecule has 0 fully saturated rings. The lowest BCUT2D eigenvalue weighted by molar-refractivity contribution is 0.0983. The number of hydrogen-bond acceptors (Lipinski definition) is 6. The SMILES string of the molecule is CCOc1cccc2sc(N(Cc3ccco3)C(=O)c3ccc(SC)cc3)nc12. The molecular formula is C22H20N2O3S2. The monoisotopic (exact) mass is 424 g/mol. The van der Waals surface area contributed by atoms with Gasteiger partial charge in [0.2, 0.25) is 0 Å². The second kappa shape index (κ2) is 8.71. The first-order valence-corrected chi connectivity index (χ1v) is 11.2. The number of aromatic nitrogens is 1. The average Bonchev–Trinajstić information content (AvgIpc) is 3.42. The van der Waals surface area contributed by atoms with Crippen molar-refractivity contribution in [2.24, 2.45) is 0 Å². The summed E-state index contributed by atoms with van der Waals surface area (Å²) in [4.78, 5) is 20.9. The molecule has 2 aromatic heterocycles. The fourth-order valence-corrected chi connectivity index (χ4v) is 4.36. The van der Waals surface area contributed by atoms with Gasteiger partial charge >= 0.3 is 0 Å². The molecule has 2 heterocycles. The summed E-state index contributed by atoms with van der Waals surface area (Å²) in [5, 5.41) is 0.613. The van der Waals surface area contributed by atoms with Crippen molar-refractivity contribution in [2.45, 2.75) is 18.4 Å². The first-order valence-electron chi connectivity index (χ1n) is 9.20. The molecule has 0 N–H and O–H groups in total. The number of ether oxygens (including phenoxy) is 1. The smallest absolute Gasteiger partial charge is 0.260 e. The van der Waals surface area contributed by atoms with E-state index in [-0.39, 0.29) is 5.91 Å². The second-order valence-corrected chi connectivity index (χ2v) is 8.12. The molecule has 148 valence electrons. The minimum Gasteiger partial charge on any atom is -0.492 e. The van der Waals surface area contributed by atoms with Crippen molar-refractivity contribution < 1.29 is 13.9 Å². The molecule has 2 aromatic carbocycles. The van der Waals surface area contributed by atoms with Crippen LogP contribution >= 0.6 is 23.1 Å². The van der Waals surface area contributed by atoms with E-state index >= 15 is 0 Å². The van der Waals surface area contributed by atoms with Crippen molar-refractivity contribution in [3.05, 3.63) is 72.2 Å². The van der Waals surface area contributed by atoms with Crippen molar-refractivity contribution in [3.63, 3.8) is 0 Å². The quantitative estimate of drug-likeness (QED) is 0.348. The largest absolute Gasteiger partial charge is 0.492 e. The Labute approximate surface area is 177 Å². The minimum absolute atomic E-state index is 0.119. The van der Waals surface area contributed by atoms with E-state index in [9.17, 15) is 4.79 Å². The Bertz CT molecular complexity index is 1110. The summed E-state index contributed by atoms with van der Waals surface area (Å²) in [6.07, 6.45) is 3.62. The molecule has 5 nitrogen and oxygen atoms in total. The lowest BCUT2D eigenvalue weighted by atomic mass is 10.2. The molecule has 0 saturated carbocycles. The molecule has 0 aliphatic carbocycles. The number of furan rings is 1. The maximum atomic E-state index is 13.4. The fraction of sp³-hybridized carbons (Fsp3) is 0.182. The number of amides is 1. The van der Waals surface area contributed by atoms with E-state index in [0.29, 0.717) is 29.6 Å². The van der Waals surface area contributed by atoms with Crippen LogP contribution in [-0.4, -0.2) is 23.8 Å².